The summed E-state index contributed by atoms with van der Waals surface area (Å²) >= 11 is 0. The molecule has 0 heterocycles. The zero-order chi connectivity index (χ0) is 4.50. The Labute approximate surface area is 37.0 Å². The van der Waals surface area contributed by atoms with E-state index >= 15 is 0 Å². The first-order chi connectivity index (χ1) is 2.00. The van der Waals surface area contributed by atoms with Crippen LogP contribution in [0.15, 0.2) is 0 Å². The maximum Gasteiger partial charge on any atom is 0.00959 e. The highest BCUT2D eigenvalue weighted by molar-refractivity contribution is 6.14. The first-order valence-corrected chi connectivity index (χ1v) is 3.00. The largest absolute Gasteiger partial charge is 0.0635 e. The molecule has 0 saturated heterocycles. The summed E-state index contributed by atoms with van der Waals surface area (Å²) in [5.41, 5.74) is 0. The molecule has 0 fully saturated rings. The van der Waals surface area contributed by atoms with E-state index in [1.165, 1.54) is 10.2 Å². The second kappa shape index (κ2) is 1.13. The zero-order valence-corrected chi connectivity index (χ0v) is 6.50. The van der Waals surface area contributed by atoms with Gasteiger partial charge in [-0.2, -0.15) is 0 Å². The molecule has 0 amide bonds. The van der Waals surface area contributed by atoms with Crippen molar-refractivity contribution in [3.05, 3.63) is 0 Å². The molecule has 0 aromatic carbocycles. The molecule has 0 N–H and O–H groups in total. The fraction of sp³-hybridized carbons (Fsp3) is 1.00. The summed E-state index contributed by atoms with van der Waals surface area (Å²) in [6.07, 6.45) is 0. The van der Waals surface area contributed by atoms with Gasteiger partial charge in [0.05, 0.1) is 0 Å². The van der Waals surface area contributed by atoms with E-state index in [0.717, 1.165) is 0 Å². The van der Waals surface area contributed by atoms with Crippen LogP contribution in [0.5, 0.6) is 0 Å². The molecule has 32 valence electrons. The zero-order valence-electron chi connectivity index (χ0n) is 4.50. The SMILES string of the molecule is CC(C)(C)[SiH3]. The summed E-state index contributed by atoms with van der Waals surface area (Å²) in [5, 5.41) is 0.639. The predicted molar refractivity (Wildman–Crippen MR) is 29.7 cm³/mol. The Hall–Kier alpha value is 0.217. The van der Waals surface area contributed by atoms with Crippen molar-refractivity contribution in [2.24, 2.45) is 0 Å². The van der Waals surface area contributed by atoms with Crippen molar-refractivity contribution in [1.82, 2.24) is 0 Å². The molecule has 1 heteroatoms. The average Bonchev–Trinajstić information content (AvgIpc) is 0.722. The molecule has 0 rings (SSSR count). The van der Waals surface area contributed by atoms with Gasteiger partial charge in [0.15, 0.2) is 0 Å². The topological polar surface area (TPSA) is 0 Å². The van der Waals surface area contributed by atoms with Gasteiger partial charge in [-0.15, -0.1) is 0 Å². The third-order valence-corrected chi connectivity index (χ3v) is 0. The van der Waals surface area contributed by atoms with Crippen molar-refractivity contribution < 1.29 is 0 Å². The van der Waals surface area contributed by atoms with Crippen molar-refractivity contribution in [1.29, 1.82) is 0 Å². The highest BCUT2D eigenvalue weighted by atomic mass is 28.1. The Balaban J connectivity index is 3.02. The van der Waals surface area contributed by atoms with E-state index in [1.807, 2.05) is 0 Å². The van der Waals surface area contributed by atoms with Crippen LogP contribution in [0.1, 0.15) is 20.8 Å². The average molecular weight is 88.2 g/mol. The molecule has 0 nitrogen and oxygen atoms in total. The van der Waals surface area contributed by atoms with Crippen molar-refractivity contribution in [3.8, 4) is 0 Å². The van der Waals surface area contributed by atoms with E-state index in [0.29, 0.717) is 5.04 Å². The van der Waals surface area contributed by atoms with Crippen LogP contribution in [0.3, 0.4) is 0 Å². The minimum atomic E-state index is 0.639. The lowest BCUT2D eigenvalue weighted by molar-refractivity contribution is 0.767. The molecule has 0 bridgehead atoms. The lowest BCUT2D eigenvalue weighted by Gasteiger charge is -2.05. The van der Waals surface area contributed by atoms with E-state index in [4.69, 9.17) is 0 Å². The molecule has 0 radical (unpaired) electrons. The van der Waals surface area contributed by atoms with Crippen LogP contribution in [0, 0.1) is 0 Å². The fourth-order valence-electron chi connectivity index (χ4n) is 0. The van der Waals surface area contributed by atoms with Gasteiger partial charge in [-0.25, -0.2) is 0 Å². The van der Waals surface area contributed by atoms with E-state index in [2.05, 4.69) is 20.8 Å². The summed E-state index contributed by atoms with van der Waals surface area (Å²) in [7, 11) is 1.31. The van der Waals surface area contributed by atoms with Crippen LogP contribution < -0.4 is 0 Å². The first kappa shape index (κ1) is 5.22. The third kappa shape index (κ3) is 441. The van der Waals surface area contributed by atoms with Crippen LogP contribution >= 0.6 is 0 Å². The Morgan fingerprint density at radius 1 is 1.20 bits per heavy atom. The monoisotopic (exact) mass is 88.1 g/mol. The maximum absolute atomic E-state index is 2.25. The smallest absolute Gasteiger partial charge is 0.00959 e. The summed E-state index contributed by atoms with van der Waals surface area (Å²) < 4.78 is 0. The highest BCUT2D eigenvalue weighted by Gasteiger charge is 1.95. The van der Waals surface area contributed by atoms with Gasteiger partial charge in [-0.05, 0) is 0 Å². The first-order valence-electron chi connectivity index (χ1n) is 2.00. The van der Waals surface area contributed by atoms with E-state index in [-0.39, 0.29) is 0 Å². The Morgan fingerprint density at radius 3 is 1.20 bits per heavy atom. The molecule has 0 aliphatic carbocycles. The summed E-state index contributed by atoms with van der Waals surface area (Å²) in [6, 6.07) is 0. The lowest BCUT2D eigenvalue weighted by Crippen LogP contribution is -1.90. The molecule has 0 atom stereocenters. The van der Waals surface area contributed by atoms with Gasteiger partial charge in [0.1, 0.15) is 0 Å². The van der Waals surface area contributed by atoms with Crippen LogP contribution in [-0.4, -0.2) is 10.2 Å². The molecule has 0 aliphatic rings. The quantitative estimate of drug-likeness (QED) is 0.380. The maximum atomic E-state index is 2.25. The van der Waals surface area contributed by atoms with Gasteiger partial charge in [0.2, 0.25) is 0 Å². The summed E-state index contributed by atoms with van der Waals surface area (Å²) in [6.45, 7) is 6.75. The van der Waals surface area contributed by atoms with Gasteiger partial charge in [0.25, 0.3) is 0 Å². The number of hydrogen-bond donors (Lipinski definition) is 0. The van der Waals surface area contributed by atoms with Crippen LogP contribution in [0.4, 0.5) is 0 Å². The molecule has 0 spiro atoms. The standard InChI is InChI=1S/C4H12Si/c1-4(2,3)5/h1-3,5H3. The van der Waals surface area contributed by atoms with E-state index in [9.17, 15) is 0 Å². The van der Waals surface area contributed by atoms with Crippen LogP contribution in [0.2, 0.25) is 5.04 Å². The second-order valence-electron chi connectivity index (χ2n) is 3.00. The molecular formula is C4H12Si. The van der Waals surface area contributed by atoms with Gasteiger partial charge >= 0.3 is 0 Å². The van der Waals surface area contributed by atoms with Crippen molar-refractivity contribution >= 4 is 10.2 Å². The predicted octanol–water partition coefficient (Wildman–Crippen LogP) is 0.570. The molecule has 0 aromatic heterocycles. The summed E-state index contributed by atoms with van der Waals surface area (Å²) in [5.74, 6) is 0. The fourth-order valence-corrected chi connectivity index (χ4v) is 0. The lowest BCUT2D eigenvalue weighted by atomic mass is 10.3. The third-order valence-electron chi connectivity index (χ3n) is 0. The highest BCUT2D eigenvalue weighted by Crippen LogP contribution is 2.13. The van der Waals surface area contributed by atoms with Crippen LogP contribution in [0.25, 0.3) is 0 Å². The summed E-state index contributed by atoms with van der Waals surface area (Å²) in [4.78, 5) is 0. The Kier molecular flexibility index (Phi) is 1.18. The van der Waals surface area contributed by atoms with Crippen molar-refractivity contribution in [2.75, 3.05) is 0 Å². The van der Waals surface area contributed by atoms with Gasteiger partial charge in [-0.1, -0.05) is 25.8 Å². The number of hydrogen-bond acceptors (Lipinski definition) is 0. The molecule has 0 aromatic rings. The molecule has 0 aliphatic heterocycles. The van der Waals surface area contributed by atoms with Gasteiger partial charge in [0, 0.05) is 10.2 Å². The molecule has 0 unspecified atom stereocenters. The van der Waals surface area contributed by atoms with E-state index in [1.54, 1.807) is 0 Å². The van der Waals surface area contributed by atoms with E-state index < -0.39 is 0 Å². The van der Waals surface area contributed by atoms with Crippen LogP contribution in [-0.2, 0) is 0 Å². The molecule has 5 heavy (non-hydrogen) atoms. The van der Waals surface area contributed by atoms with Gasteiger partial charge in [-0.3, -0.25) is 0 Å². The van der Waals surface area contributed by atoms with Gasteiger partial charge < -0.3 is 0 Å². The Bertz CT molecular complexity index is 19.1. The molecule has 0 saturated carbocycles. The molecular weight excluding hydrogens is 76.1 g/mol. The Morgan fingerprint density at radius 2 is 1.20 bits per heavy atom. The second-order valence-corrected chi connectivity index (χ2v) is 6.00. The van der Waals surface area contributed by atoms with Crippen molar-refractivity contribution in [2.45, 2.75) is 25.8 Å². The minimum absolute atomic E-state index is 0.639. The normalized spacial score (nSPS) is 12.6. The minimum Gasteiger partial charge on any atom is -0.0635 e. The van der Waals surface area contributed by atoms with Crippen molar-refractivity contribution in [3.63, 3.8) is 0 Å². The number of rotatable bonds is 0.